The van der Waals surface area contributed by atoms with E-state index in [-0.39, 0.29) is 0 Å². The topological polar surface area (TPSA) is 0 Å². The Balaban J connectivity index is 2.87. The van der Waals surface area contributed by atoms with Gasteiger partial charge in [0.2, 0.25) is 0 Å². The van der Waals surface area contributed by atoms with Crippen LogP contribution in [-0.4, -0.2) is 23.5 Å². The van der Waals surface area contributed by atoms with E-state index in [9.17, 15) is 0 Å². The second kappa shape index (κ2) is 4.61. The summed E-state index contributed by atoms with van der Waals surface area (Å²) in [6.07, 6.45) is 9.77. The van der Waals surface area contributed by atoms with Gasteiger partial charge in [0.1, 0.15) is 0 Å². The lowest BCUT2D eigenvalue weighted by molar-refractivity contribution is 0.608. The fourth-order valence-corrected chi connectivity index (χ4v) is 3.27. The van der Waals surface area contributed by atoms with E-state index in [1.165, 1.54) is 18.4 Å². The van der Waals surface area contributed by atoms with Crippen molar-refractivity contribution in [1.29, 1.82) is 0 Å². The SMILES string of the molecule is CCC(C)(Cc1ccccc1)S(C)(C)C. The third-order valence-electron chi connectivity index (χ3n) is 3.65. The average Bonchev–Trinajstić information content (AvgIpc) is 2.17. The molecule has 0 aromatic heterocycles. The highest BCUT2D eigenvalue weighted by molar-refractivity contribution is 8.33. The minimum atomic E-state index is -0.513. The van der Waals surface area contributed by atoms with Gasteiger partial charge in [-0.15, -0.1) is 0 Å². The van der Waals surface area contributed by atoms with Gasteiger partial charge in [0, 0.05) is 4.75 Å². The van der Waals surface area contributed by atoms with Gasteiger partial charge >= 0.3 is 0 Å². The second-order valence-electron chi connectivity index (χ2n) is 5.30. The van der Waals surface area contributed by atoms with Crippen molar-refractivity contribution in [2.75, 3.05) is 18.8 Å². The Hall–Kier alpha value is -0.430. The van der Waals surface area contributed by atoms with Crippen molar-refractivity contribution in [3.8, 4) is 0 Å². The van der Waals surface area contributed by atoms with E-state index in [1.54, 1.807) is 0 Å². The summed E-state index contributed by atoms with van der Waals surface area (Å²) in [5.74, 6) is 0. The van der Waals surface area contributed by atoms with Crippen LogP contribution in [0.2, 0.25) is 0 Å². The molecule has 0 spiro atoms. The summed E-state index contributed by atoms with van der Waals surface area (Å²) >= 11 is 0. The molecule has 0 fully saturated rings. The Morgan fingerprint density at radius 3 is 2.00 bits per heavy atom. The van der Waals surface area contributed by atoms with Gasteiger partial charge < -0.3 is 0 Å². The van der Waals surface area contributed by atoms with Crippen LogP contribution >= 0.6 is 10.0 Å². The van der Waals surface area contributed by atoms with E-state index in [1.807, 2.05) is 0 Å². The van der Waals surface area contributed by atoms with Crippen LogP contribution in [0, 0.1) is 0 Å². The Morgan fingerprint density at radius 1 is 1.07 bits per heavy atom. The zero-order valence-corrected chi connectivity index (χ0v) is 11.5. The Bertz CT molecular complexity index is 297. The minimum Gasteiger partial charge on any atom is -0.244 e. The lowest BCUT2D eigenvalue weighted by Gasteiger charge is -2.46. The molecule has 0 amide bonds. The highest BCUT2D eigenvalue weighted by Gasteiger charge is 2.31. The van der Waals surface area contributed by atoms with Crippen LogP contribution in [0.5, 0.6) is 0 Å². The van der Waals surface area contributed by atoms with Gasteiger partial charge in [0.15, 0.2) is 0 Å². The first-order valence-electron chi connectivity index (χ1n) is 5.61. The minimum absolute atomic E-state index is 0.467. The van der Waals surface area contributed by atoms with Gasteiger partial charge in [0.05, 0.1) is 0 Å². The van der Waals surface area contributed by atoms with Crippen molar-refractivity contribution < 1.29 is 0 Å². The first-order chi connectivity index (χ1) is 6.89. The maximum Gasteiger partial charge on any atom is 0.000465 e. The average molecular weight is 224 g/mol. The van der Waals surface area contributed by atoms with Crippen LogP contribution in [0.3, 0.4) is 0 Å². The van der Waals surface area contributed by atoms with E-state index in [0.717, 1.165) is 0 Å². The predicted molar refractivity (Wildman–Crippen MR) is 74.2 cm³/mol. The number of rotatable bonds is 4. The molecule has 0 nitrogen and oxygen atoms in total. The fourth-order valence-electron chi connectivity index (χ4n) is 1.80. The first kappa shape index (κ1) is 12.6. The Morgan fingerprint density at radius 2 is 1.60 bits per heavy atom. The Kier molecular flexibility index (Phi) is 3.88. The highest BCUT2D eigenvalue weighted by atomic mass is 32.3. The summed E-state index contributed by atoms with van der Waals surface area (Å²) in [5, 5.41) is 0. The molecule has 0 bridgehead atoms. The van der Waals surface area contributed by atoms with Crippen LogP contribution in [0.15, 0.2) is 30.3 Å². The molecule has 0 heterocycles. The van der Waals surface area contributed by atoms with Crippen LogP contribution in [0.4, 0.5) is 0 Å². The van der Waals surface area contributed by atoms with E-state index >= 15 is 0 Å². The molecular weight excluding hydrogens is 200 g/mol. The highest BCUT2D eigenvalue weighted by Crippen LogP contribution is 2.53. The second-order valence-corrected chi connectivity index (χ2v) is 9.96. The predicted octanol–water partition coefficient (Wildman–Crippen LogP) is 4.09. The van der Waals surface area contributed by atoms with Gasteiger partial charge in [-0.25, -0.2) is 10.0 Å². The van der Waals surface area contributed by atoms with Crippen LogP contribution in [-0.2, 0) is 6.42 Å². The molecule has 0 saturated carbocycles. The molecule has 86 valence electrons. The van der Waals surface area contributed by atoms with Crippen LogP contribution in [0.1, 0.15) is 25.8 Å². The molecule has 15 heavy (non-hydrogen) atoms. The third-order valence-corrected chi connectivity index (χ3v) is 7.04. The van der Waals surface area contributed by atoms with Crippen LogP contribution in [0.25, 0.3) is 0 Å². The van der Waals surface area contributed by atoms with Crippen molar-refractivity contribution in [3.05, 3.63) is 35.9 Å². The van der Waals surface area contributed by atoms with Crippen molar-refractivity contribution in [3.63, 3.8) is 0 Å². The molecule has 0 aliphatic heterocycles. The quantitative estimate of drug-likeness (QED) is 0.722. The molecule has 0 radical (unpaired) electrons. The lowest BCUT2D eigenvalue weighted by atomic mass is 9.98. The molecule has 1 aromatic rings. The van der Waals surface area contributed by atoms with E-state index in [0.29, 0.717) is 4.75 Å². The molecule has 1 heteroatoms. The summed E-state index contributed by atoms with van der Waals surface area (Å²) in [6, 6.07) is 10.9. The standard InChI is InChI=1S/C14H24S/c1-6-14(2,15(3,4)5)12-13-10-8-7-9-11-13/h7-11H,6,12H2,1-5H3. The smallest absolute Gasteiger partial charge is 0.000465 e. The van der Waals surface area contributed by atoms with E-state index in [4.69, 9.17) is 0 Å². The third kappa shape index (κ3) is 3.01. The number of benzene rings is 1. The lowest BCUT2D eigenvalue weighted by Crippen LogP contribution is -2.32. The van der Waals surface area contributed by atoms with Gasteiger partial charge in [-0.2, -0.15) is 0 Å². The summed E-state index contributed by atoms with van der Waals surface area (Å²) < 4.78 is 0.467. The normalized spacial score (nSPS) is 17.1. The summed E-state index contributed by atoms with van der Waals surface area (Å²) in [4.78, 5) is 0. The molecular formula is C14H24S. The molecule has 0 aliphatic carbocycles. The monoisotopic (exact) mass is 224 g/mol. The first-order valence-corrected chi connectivity index (χ1v) is 8.47. The molecule has 0 saturated heterocycles. The van der Waals surface area contributed by atoms with Crippen molar-refractivity contribution in [2.45, 2.75) is 31.4 Å². The molecule has 0 N–H and O–H groups in total. The summed E-state index contributed by atoms with van der Waals surface area (Å²) in [6.45, 7) is 4.76. The van der Waals surface area contributed by atoms with Crippen molar-refractivity contribution in [1.82, 2.24) is 0 Å². The van der Waals surface area contributed by atoms with Crippen molar-refractivity contribution in [2.24, 2.45) is 0 Å². The fraction of sp³-hybridized carbons (Fsp3) is 0.571. The number of hydrogen-bond acceptors (Lipinski definition) is 0. The molecule has 1 aromatic carbocycles. The molecule has 1 unspecified atom stereocenters. The molecule has 1 atom stereocenters. The maximum absolute atomic E-state index is 2.44. The van der Waals surface area contributed by atoms with Gasteiger partial charge in [-0.1, -0.05) is 44.2 Å². The van der Waals surface area contributed by atoms with E-state index in [2.05, 4.69) is 62.9 Å². The zero-order chi connectivity index (χ0) is 11.5. The molecule has 1 rings (SSSR count). The van der Waals surface area contributed by atoms with Crippen molar-refractivity contribution >= 4 is 10.0 Å². The largest absolute Gasteiger partial charge is 0.244 e. The summed E-state index contributed by atoms with van der Waals surface area (Å²) in [7, 11) is -0.513. The molecule has 0 aliphatic rings. The number of hydrogen-bond donors (Lipinski definition) is 0. The zero-order valence-electron chi connectivity index (χ0n) is 10.7. The maximum atomic E-state index is 2.44. The van der Waals surface area contributed by atoms with Crippen LogP contribution < -0.4 is 0 Å². The Labute approximate surface area is 96.4 Å². The summed E-state index contributed by atoms with van der Waals surface area (Å²) in [5.41, 5.74) is 1.48. The van der Waals surface area contributed by atoms with E-state index < -0.39 is 10.0 Å². The van der Waals surface area contributed by atoms with Gasteiger partial charge in [0.25, 0.3) is 0 Å². The van der Waals surface area contributed by atoms with Gasteiger partial charge in [-0.05, 0) is 37.2 Å². The van der Waals surface area contributed by atoms with Gasteiger partial charge in [-0.3, -0.25) is 0 Å².